The largest absolute Gasteiger partial charge is 0.509 e. The number of hydrogen-bond acceptors (Lipinski definition) is 7. The van der Waals surface area contributed by atoms with Crippen molar-refractivity contribution in [2.75, 3.05) is 7.11 Å². The van der Waals surface area contributed by atoms with Crippen LogP contribution in [0.1, 0.15) is 18.1 Å². The molecule has 1 saturated heterocycles. The smallest absolute Gasteiger partial charge is 0.496 e. The van der Waals surface area contributed by atoms with Crippen LogP contribution in [-0.2, 0) is 16.1 Å². The van der Waals surface area contributed by atoms with E-state index in [1.54, 1.807) is 24.3 Å². The van der Waals surface area contributed by atoms with Crippen LogP contribution in [0.2, 0.25) is 0 Å². The van der Waals surface area contributed by atoms with Gasteiger partial charge in [0.05, 0.1) is 19.8 Å². The zero-order chi connectivity index (χ0) is 17.0. The molecule has 1 aromatic rings. The van der Waals surface area contributed by atoms with Gasteiger partial charge in [0, 0.05) is 5.56 Å². The van der Waals surface area contributed by atoms with Crippen LogP contribution in [0.15, 0.2) is 24.3 Å². The molecule has 4 atom stereocenters. The molecule has 1 heterocycles. The molecular formula is C16H20O7. The fraction of sp³-hybridized carbons (Fsp3) is 0.438. The van der Waals surface area contributed by atoms with E-state index in [1.165, 1.54) is 20.1 Å². The highest BCUT2D eigenvalue weighted by Crippen LogP contribution is 2.25. The molecule has 1 aliphatic rings. The van der Waals surface area contributed by atoms with E-state index < -0.39 is 30.6 Å². The van der Waals surface area contributed by atoms with Gasteiger partial charge in [0.15, 0.2) is 12.2 Å². The van der Waals surface area contributed by atoms with Gasteiger partial charge in [0.2, 0.25) is 0 Å². The number of aliphatic hydroxyl groups is 3. The average Bonchev–Trinajstić information content (AvgIpc) is 2.94. The summed E-state index contributed by atoms with van der Waals surface area (Å²) in [5.41, 5.74) is 1.23. The molecule has 0 amide bonds. The van der Waals surface area contributed by atoms with E-state index in [4.69, 9.17) is 14.2 Å². The summed E-state index contributed by atoms with van der Waals surface area (Å²) in [5.74, 6) is 0.529. The molecule has 0 aromatic heterocycles. The van der Waals surface area contributed by atoms with Gasteiger partial charge in [0.25, 0.3) is 0 Å². The molecule has 0 aliphatic carbocycles. The topological polar surface area (TPSA) is 105 Å². The van der Waals surface area contributed by atoms with Gasteiger partial charge in [-0.25, -0.2) is 4.79 Å². The third-order valence-electron chi connectivity index (χ3n) is 3.62. The molecule has 1 aliphatic heterocycles. The lowest BCUT2D eigenvalue weighted by Gasteiger charge is -2.20. The van der Waals surface area contributed by atoms with Crippen molar-refractivity contribution in [3.05, 3.63) is 35.4 Å². The Morgan fingerprint density at radius 2 is 2.00 bits per heavy atom. The lowest BCUT2D eigenvalue weighted by molar-refractivity contribution is -0.0123. The maximum absolute atomic E-state index is 11.2. The van der Waals surface area contributed by atoms with Crippen LogP contribution >= 0.6 is 0 Å². The Morgan fingerprint density at radius 1 is 1.30 bits per heavy atom. The third-order valence-corrected chi connectivity index (χ3v) is 3.62. The van der Waals surface area contributed by atoms with Crippen LogP contribution in [0.3, 0.4) is 0 Å². The van der Waals surface area contributed by atoms with E-state index in [0.29, 0.717) is 16.9 Å². The fourth-order valence-corrected chi connectivity index (χ4v) is 2.43. The maximum Gasteiger partial charge on any atom is 0.509 e. The van der Waals surface area contributed by atoms with Crippen LogP contribution < -0.4 is 4.74 Å². The molecule has 0 saturated carbocycles. The van der Waals surface area contributed by atoms with Crippen LogP contribution in [0.25, 0.3) is 6.08 Å². The summed E-state index contributed by atoms with van der Waals surface area (Å²) in [4.78, 5) is 11.2. The quantitative estimate of drug-likeness (QED) is 0.666. The highest BCUT2D eigenvalue weighted by molar-refractivity contribution is 5.63. The molecule has 0 radical (unpaired) electrons. The van der Waals surface area contributed by atoms with E-state index >= 15 is 0 Å². The molecule has 2 rings (SSSR count). The molecule has 0 spiro atoms. The molecule has 1 aromatic carbocycles. The van der Waals surface area contributed by atoms with E-state index in [0.717, 1.165) is 0 Å². The van der Waals surface area contributed by atoms with Gasteiger partial charge < -0.3 is 29.5 Å². The first-order valence-corrected chi connectivity index (χ1v) is 7.16. The summed E-state index contributed by atoms with van der Waals surface area (Å²) >= 11 is 0. The highest BCUT2D eigenvalue weighted by Gasteiger charge is 2.43. The zero-order valence-corrected chi connectivity index (χ0v) is 12.9. The summed E-state index contributed by atoms with van der Waals surface area (Å²) in [6.45, 7) is 1.22. The second-order valence-electron chi connectivity index (χ2n) is 5.19. The van der Waals surface area contributed by atoms with Gasteiger partial charge in [-0.15, -0.1) is 0 Å². The molecule has 7 nitrogen and oxygen atoms in total. The molecule has 3 N–H and O–H groups in total. The predicted octanol–water partition coefficient (Wildman–Crippen LogP) is 0.846. The van der Waals surface area contributed by atoms with Gasteiger partial charge in [-0.05, 0) is 18.6 Å². The van der Waals surface area contributed by atoms with Gasteiger partial charge in [0.1, 0.15) is 11.9 Å². The predicted molar refractivity (Wildman–Crippen MR) is 80.8 cm³/mol. The minimum absolute atomic E-state index is 0.225. The van der Waals surface area contributed by atoms with Crippen LogP contribution in [0, 0.1) is 0 Å². The van der Waals surface area contributed by atoms with Crippen molar-refractivity contribution in [2.45, 2.75) is 37.9 Å². The monoisotopic (exact) mass is 324 g/mol. The van der Waals surface area contributed by atoms with Crippen molar-refractivity contribution in [3.63, 3.8) is 0 Å². The number of cyclic esters (lactones) is 2. The first kappa shape index (κ1) is 17.3. The van der Waals surface area contributed by atoms with Crippen molar-refractivity contribution in [1.82, 2.24) is 0 Å². The van der Waals surface area contributed by atoms with Crippen LogP contribution in [0.4, 0.5) is 4.79 Å². The minimum Gasteiger partial charge on any atom is -0.496 e. The Bertz CT molecular complexity index is 582. The number of carbonyl (C=O) groups is 1. The molecule has 4 unspecified atom stereocenters. The number of rotatable bonds is 6. The fourth-order valence-electron chi connectivity index (χ4n) is 2.43. The van der Waals surface area contributed by atoms with Crippen molar-refractivity contribution in [3.8, 4) is 5.75 Å². The second kappa shape index (κ2) is 7.45. The standard InChI is InChI=1S/C16H20O7/c1-9(18)14-15(23-16(20)22-14)12(19)7-6-10-4-3-5-13(21-2)11(10)8-17/h3-7,9,12,14-15,17-19H,8H2,1-2H3. The Hall–Kier alpha value is -2.09. The number of methoxy groups -OCH3 is 1. The lowest BCUT2D eigenvalue weighted by atomic mass is 10.0. The van der Waals surface area contributed by atoms with Crippen molar-refractivity contribution in [1.29, 1.82) is 0 Å². The maximum atomic E-state index is 11.2. The van der Waals surface area contributed by atoms with Gasteiger partial charge >= 0.3 is 6.16 Å². The van der Waals surface area contributed by atoms with E-state index in [2.05, 4.69) is 0 Å². The number of benzene rings is 1. The molecule has 126 valence electrons. The summed E-state index contributed by atoms with van der Waals surface area (Å²) < 4.78 is 14.9. The summed E-state index contributed by atoms with van der Waals surface area (Å²) in [6, 6.07) is 5.22. The molecular weight excluding hydrogens is 304 g/mol. The Balaban J connectivity index is 2.18. The highest BCUT2D eigenvalue weighted by atomic mass is 16.8. The Labute approximate surface area is 133 Å². The second-order valence-corrected chi connectivity index (χ2v) is 5.19. The third kappa shape index (κ3) is 3.82. The Morgan fingerprint density at radius 3 is 2.61 bits per heavy atom. The van der Waals surface area contributed by atoms with Crippen LogP contribution in [-0.4, -0.2) is 53.0 Å². The van der Waals surface area contributed by atoms with E-state index in [-0.39, 0.29) is 6.61 Å². The molecule has 7 heteroatoms. The number of carbonyl (C=O) groups excluding carboxylic acids is 1. The molecule has 1 fully saturated rings. The van der Waals surface area contributed by atoms with Crippen LogP contribution in [0.5, 0.6) is 5.75 Å². The first-order valence-electron chi connectivity index (χ1n) is 7.16. The SMILES string of the molecule is COc1cccc(C=CC(O)C2OC(=O)OC2C(C)O)c1CO. The summed E-state index contributed by atoms with van der Waals surface area (Å²) in [5, 5.41) is 29.2. The first-order chi connectivity index (χ1) is 11.0. The molecule has 23 heavy (non-hydrogen) atoms. The molecule has 0 bridgehead atoms. The summed E-state index contributed by atoms with van der Waals surface area (Å²) in [7, 11) is 1.50. The van der Waals surface area contributed by atoms with Crippen molar-refractivity contribution < 1.29 is 34.3 Å². The van der Waals surface area contributed by atoms with Gasteiger partial charge in [-0.3, -0.25) is 0 Å². The lowest BCUT2D eigenvalue weighted by Crippen LogP contribution is -2.40. The number of hydrogen-bond donors (Lipinski definition) is 3. The van der Waals surface area contributed by atoms with E-state index in [1.807, 2.05) is 0 Å². The zero-order valence-electron chi connectivity index (χ0n) is 12.9. The van der Waals surface area contributed by atoms with Gasteiger partial charge in [-0.1, -0.05) is 24.3 Å². The summed E-state index contributed by atoms with van der Waals surface area (Å²) in [6.07, 6.45) is -2.00. The van der Waals surface area contributed by atoms with Crippen molar-refractivity contribution in [2.24, 2.45) is 0 Å². The van der Waals surface area contributed by atoms with E-state index in [9.17, 15) is 20.1 Å². The van der Waals surface area contributed by atoms with Gasteiger partial charge in [-0.2, -0.15) is 0 Å². The average molecular weight is 324 g/mol. The van der Waals surface area contributed by atoms with Crippen molar-refractivity contribution >= 4 is 12.2 Å². The normalized spacial score (nSPS) is 23.4. The number of ether oxygens (including phenoxy) is 3. The minimum atomic E-state index is -1.17. The number of aliphatic hydroxyl groups excluding tert-OH is 3. The Kier molecular flexibility index (Phi) is 5.59.